The number of thioether (sulfide) groups is 1. The molecule has 1 saturated carbocycles. The molecule has 2 heterocycles. The van der Waals surface area contributed by atoms with Gasteiger partial charge in [-0.25, -0.2) is 9.78 Å². The number of anilines is 2. The second kappa shape index (κ2) is 6.91. The monoisotopic (exact) mass is 331 g/mol. The van der Waals surface area contributed by atoms with E-state index in [1.54, 1.807) is 13.1 Å². The van der Waals surface area contributed by atoms with Crippen LogP contribution in [0.15, 0.2) is 23.6 Å². The Kier molecular flexibility index (Phi) is 4.71. The predicted molar refractivity (Wildman–Crippen MR) is 87.1 cm³/mol. The van der Waals surface area contributed by atoms with E-state index in [4.69, 9.17) is 4.74 Å². The fourth-order valence-corrected chi connectivity index (χ4v) is 2.43. The summed E-state index contributed by atoms with van der Waals surface area (Å²) in [5.74, 6) is 0.380. The Hall–Kier alpha value is -2.22. The maximum atomic E-state index is 12.0. The quantitative estimate of drug-likeness (QED) is 0.638. The van der Waals surface area contributed by atoms with Gasteiger partial charge in [-0.3, -0.25) is 4.98 Å². The highest BCUT2D eigenvalue weighted by Gasteiger charge is 2.24. The molecule has 3 rings (SSSR count). The number of carbonyl (C=O) groups excluding carboxylic acids is 1. The van der Waals surface area contributed by atoms with Gasteiger partial charge < -0.3 is 10.1 Å². The van der Waals surface area contributed by atoms with E-state index in [0.29, 0.717) is 16.9 Å². The summed E-state index contributed by atoms with van der Waals surface area (Å²) in [5, 5.41) is 11.4. The highest BCUT2D eigenvalue weighted by Crippen LogP contribution is 2.40. The average Bonchev–Trinajstić information content (AvgIpc) is 3.40. The molecular formula is C15H17N5O2S. The molecule has 0 aromatic carbocycles. The minimum absolute atomic E-state index is 0.0708. The van der Waals surface area contributed by atoms with Crippen LogP contribution in [-0.4, -0.2) is 39.0 Å². The van der Waals surface area contributed by atoms with Gasteiger partial charge >= 0.3 is 5.97 Å². The molecule has 0 bridgehead atoms. The van der Waals surface area contributed by atoms with Gasteiger partial charge in [0.2, 0.25) is 10.9 Å². The maximum absolute atomic E-state index is 12.0. The lowest BCUT2D eigenvalue weighted by molar-refractivity contribution is 0.0518. The number of rotatable bonds is 6. The molecule has 2 aromatic heterocycles. The van der Waals surface area contributed by atoms with Crippen molar-refractivity contribution in [1.29, 1.82) is 0 Å². The lowest BCUT2D eigenvalue weighted by Gasteiger charge is -2.10. The fourth-order valence-electron chi connectivity index (χ4n) is 2.12. The van der Waals surface area contributed by atoms with E-state index in [9.17, 15) is 4.79 Å². The first-order valence-electron chi connectivity index (χ1n) is 7.39. The first-order chi connectivity index (χ1) is 11.2. The second-order valence-electron chi connectivity index (χ2n) is 5.12. The summed E-state index contributed by atoms with van der Waals surface area (Å²) in [5.41, 5.74) is 2.04. The maximum Gasteiger partial charge on any atom is 0.362 e. The van der Waals surface area contributed by atoms with Crippen LogP contribution in [0.2, 0.25) is 0 Å². The molecule has 1 aliphatic rings. The van der Waals surface area contributed by atoms with E-state index in [2.05, 4.69) is 25.5 Å². The minimum Gasteiger partial charge on any atom is -0.461 e. The van der Waals surface area contributed by atoms with Gasteiger partial charge in [0.1, 0.15) is 0 Å². The number of hydrogen-bond donors (Lipinski definition) is 1. The number of nitrogens with one attached hydrogen (secondary N) is 1. The van der Waals surface area contributed by atoms with Crippen molar-refractivity contribution in [3.63, 3.8) is 0 Å². The van der Waals surface area contributed by atoms with Gasteiger partial charge in [0.05, 0.1) is 18.5 Å². The Morgan fingerprint density at radius 3 is 2.91 bits per heavy atom. The largest absolute Gasteiger partial charge is 0.461 e. The Bertz CT molecular complexity index is 721. The summed E-state index contributed by atoms with van der Waals surface area (Å²) in [4.78, 5) is 20.6. The van der Waals surface area contributed by atoms with Crippen molar-refractivity contribution >= 4 is 29.2 Å². The van der Waals surface area contributed by atoms with Crippen molar-refractivity contribution in [2.24, 2.45) is 0 Å². The lowest BCUT2D eigenvalue weighted by Crippen LogP contribution is -2.13. The van der Waals surface area contributed by atoms with Crippen molar-refractivity contribution in [1.82, 2.24) is 20.2 Å². The second-order valence-corrected chi connectivity index (χ2v) is 5.90. The van der Waals surface area contributed by atoms with Crippen molar-refractivity contribution in [3.8, 4) is 0 Å². The van der Waals surface area contributed by atoms with Crippen LogP contribution in [0.1, 0.15) is 41.7 Å². The molecule has 1 aliphatic carbocycles. The van der Waals surface area contributed by atoms with Crippen molar-refractivity contribution < 1.29 is 9.53 Å². The third-order valence-corrected chi connectivity index (χ3v) is 3.93. The normalized spacial score (nSPS) is 13.7. The molecule has 23 heavy (non-hydrogen) atoms. The molecule has 0 aliphatic heterocycles. The van der Waals surface area contributed by atoms with Crippen LogP contribution >= 0.6 is 11.8 Å². The van der Waals surface area contributed by atoms with Gasteiger partial charge in [0, 0.05) is 6.20 Å². The molecule has 2 aromatic rings. The first-order valence-corrected chi connectivity index (χ1v) is 8.61. The third kappa shape index (κ3) is 3.76. The molecular weight excluding hydrogens is 314 g/mol. The Balaban J connectivity index is 1.90. The molecule has 1 fully saturated rings. The zero-order chi connectivity index (χ0) is 16.2. The van der Waals surface area contributed by atoms with E-state index >= 15 is 0 Å². The summed E-state index contributed by atoms with van der Waals surface area (Å²) in [7, 11) is 0. The number of nitrogens with zero attached hydrogens (tertiary/aromatic N) is 4. The van der Waals surface area contributed by atoms with E-state index in [0.717, 1.165) is 5.69 Å². The van der Waals surface area contributed by atoms with Crippen LogP contribution in [0.5, 0.6) is 0 Å². The van der Waals surface area contributed by atoms with E-state index in [1.807, 2.05) is 18.5 Å². The molecule has 0 radical (unpaired) electrons. The molecule has 0 saturated heterocycles. The molecule has 0 spiro atoms. The highest BCUT2D eigenvalue weighted by atomic mass is 32.2. The van der Waals surface area contributed by atoms with E-state index in [1.165, 1.54) is 30.2 Å². The van der Waals surface area contributed by atoms with Crippen LogP contribution < -0.4 is 5.32 Å². The molecule has 1 N–H and O–H groups in total. The zero-order valence-electron chi connectivity index (χ0n) is 12.9. The molecule has 7 nitrogen and oxygen atoms in total. The third-order valence-electron chi connectivity index (χ3n) is 3.39. The lowest BCUT2D eigenvalue weighted by atomic mass is 10.2. The number of aromatic nitrogens is 4. The molecule has 0 unspecified atom stereocenters. The highest BCUT2D eigenvalue weighted by molar-refractivity contribution is 7.98. The van der Waals surface area contributed by atoms with Crippen LogP contribution in [-0.2, 0) is 4.74 Å². The van der Waals surface area contributed by atoms with Crippen molar-refractivity contribution in [2.75, 3.05) is 18.2 Å². The molecule has 0 atom stereocenters. The Morgan fingerprint density at radius 2 is 2.22 bits per heavy atom. The Morgan fingerprint density at radius 1 is 1.39 bits per heavy atom. The summed E-state index contributed by atoms with van der Waals surface area (Å²) < 4.78 is 5.01. The van der Waals surface area contributed by atoms with Crippen LogP contribution in [0.25, 0.3) is 0 Å². The summed E-state index contributed by atoms with van der Waals surface area (Å²) >= 11 is 1.35. The topological polar surface area (TPSA) is 89.9 Å². The van der Waals surface area contributed by atoms with Gasteiger partial charge in [0.25, 0.3) is 0 Å². The molecule has 0 amide bonds. The predicted octanol–water partition coefficient (Wildman–Crippen LogP) is 2.79. The van der Waals surface area contributed by atoms with Gasteiger partial charge in [-0.1, -0.05) is 11.8 Å². The van der Waals surface area contributed by atoms with E-state index in [-0.39, 0.29) is 12.3 Å². The average molecular weight is 331 g/mol. The molecule has 120 valence electrons. The van der Waals surface area contributed by atoms with E-state index < -0.39 is 5.97 Å². The van der Waals surface area contributed by atoms with Crippen molar-refractivity contribution in [2.45, 2.75) is 30.8 Å². The van der Waals surface area contributed by atoms with Crippen LogP contribution in [0.4, 0.5) is 11.5 Å². The summed E-state index contributed by atoms with van der Waals surface area (Å²) in [6, 6.07) is 2.03. The minimum atomic E-state index is -0.547. The van der Waals surface area contributed by atoms with Crippen molar-refractivity contribution in [3.05, 3.63) is 29.7 Å². The van der Waals surface area contributed by atoms with Crippen LogP contribution in [0.3, 0.4) is 0 Å². The number of carbonyl (C=O) groups is 1. The van der Waals surface area contributed by atoms with Crippen LogP contribution in [0, 0.1) is 0 Å². The SMILES string of the molecule is CCOC(=O)c1nnc(SC)nc1Nc1cncc(C2CC2)c1. The molecule has 8 heteroatoms. The Labute approximate surface area is 138 Å². The van der Waals surface area contributed by atoms with Gasteiger partial charge in [-0.05, 0) is 43.6 Å². The summed E-state index contributed by atoms with van der Waals surface area (Å²) in [6.45, 7) is 2.01. The number of pyridine rings is 1. The zero-order valence-corrected chi connectivity index (χ0v) is 13.8. The smallest absolute Gasteiger partial charge is 0.362 e. The van der Waals surface area contributed by atoms with Gasteiger partial charge in [-0.15, -0.1) is 10.2 Å². The summed E-state index contributed by atoms with van der Waals surface area (Å²) in [6.07, 6.45) is 7.82. The first kappa shape index (κ1) is 15.7. The fraction of sp³-hybridized carbons (Fsp3) is 0.400. The standard InChI is InChI=1S/C15H17N5O2S/c1-3-22-14(21)12-13(18-15(23-2)20-19-12)17-11-6-10(7-16-8-11)9-4-5-9/h6-9H,3-5H2,1-2H3,(H,17,18,20). The number of hydrogen-bond acceptors (Lipinski definition) is 8. The number of esters is 1. The number of ether oxygens (including phenoxy) is 1. The van der Waals surface area contributed by atoms with Gasteiger partial charge in [0.15, 0.2) is 5.82 Å². The van der Waals surface area contributed by atoms with Gasteiger partial charge in [-0.2, -0.15) is 0 Å².